The van der Waals surface area contributed by atoms with Crippen molar-refractivity contribution < 1.29 is 9.47 Å². The molecule has 0 aromatic heterocycles. The van der Waals surface area contributed by atoms with Crippen LogP contribution < -0.4 is 20.3 Å². The average molecular weight is 403 g/mol. The van der Waals surface area contributed by atoms with Crippen LogP contribution in [-0.2, 0) is 4.74 Å². The van der Waals surface area contributed by atoms with Gasteiger partial charge in [-0.3, -0.25) is 4.99 Å². The second kappa shape index (κ2) is 11.9. The molecule has 0 radical (unpaired) electrons. The predicted octanol–water partition coefficient (Wildman–Crippen LogP) is 3.43. The van der Waals surface area contributed by atoms with Gasteiger partial charge in [0.05, 0.1) is 18.9 Å². The molecule has 6 heteroatoms. The van der Waals surface area contributed by atoms with Gasteiger partial charge in [-0.25, -0.2) is 0 Å². The molecule has 2 fully saturated rings. The highest BCUT2D eigenvalue weighted by Gasteiger charge is 2.24. The maximum atomic E-state index is 6.00. The zero-order valence-corrected chi connectivity index (χ0v) is 18.2. The molecule has 162 valence electrons. The van der Waals surface area contributed by atoms with E-state index in [1.165, 1.54) is 44.2 Å². The molecule has 2 aliphatic rings. The number of guanidine groups is 1. The quantitative estimate of drug-likeness (QED) is 0.377. The molecule has 1 saturated heterocycles. The fraction of sp³-hybridized carbons (Fsp3) is 0.696. The van der Waals surface area contributed by atoms with E-state index in [2.05, 4.69) is 32.7 Å². The van der Waals surface area contributed by atoms with Crippen molar-refractivity contribution in [3.8, 4) is 5.75 Å². The monoisotopic (exact) mass is 402 g/mol. The highest BCUT2D eigenvalue weighted by atomic mass is 16.5. The summed E-state index contributed by atoms with van der Waals surface area (Å²) in [7, 11) is 3.58. The summed E-state index contributed by atoms with van der Waals surface area (Å²) in [6.45, 7) is 4.77. The van der Waals surface area contributed by atoms with Gasteiger partial charge in [-0.05, 0) is 43.7 Å². The van der Waals surface area contributed by atoms with Crippen LogP contribution >= 0.6 is 0 Å². The van der Waals surface area contributed by atoms with Crippen LogP contribution in [0.5, 0.6) is 5.75 Å². The van der Waals surface area contributed by atoms with E-state index in [0.717, 1.165) is 50.9 Å². The summed E-state index contributed by atoms with van der Waals surface area (Å²) in [5.74, 6) is 2.44. The average Bonchev–Trinajstić information content (AvgIpc) is 3.25. The summed E-state index contributed by atoms with van der Waals surface area (Å²) in [5, 5.41) is 6.91. The molecule has 0 amide bonds. The molecule has 0 bridgehead atoms. The lowest BCUT2D eigenvalue weighted by molar-refractivity contribution is 0.0277. The molecule has 1 aliphatic heterocycles. The van der Waals surface area contributed by atoms with Crippen molar-refractivity contribution in [3.63, 3.8) is 0 Å². The number of anilines is 1. The summed E-state index contributed by atoms with van der Waals surface area (Å²) in [6, 6.07) is 8.27. The molecule has 1 aromatic carbocycles. The fourth-order valence-electron chi connectivity index (χ4n) is 4.33. The lowest BCUT2D eigenvalue weighted by atomic mass is 9.98. The van der Waals surface area contributed by atoms with Gasteiger partial charge in [0.15, 0.2) is 5.96 Å². The highest BCUT2D eigenvalue weighted by molar-refractivity contribution is 5.79. The zero-order chi connectivity index (χ0) is 20.3. The van der Waals surface area contributed by atoms with Crippen molar-refractivity contribution in [1.29, 1.82) is 0 Å². The number of nitrogens with zero attached hydrogens (tertiary/aromatic N) is 2. The van der Waals surface area contributed by atoms with E-state index in [9.17, 15) is 0 Å². The molecule has 2 N–H and O–H groups in total. The Hall–Kier alpha value is -1.95. The number of hydrogen-bond acceptors (Lipinski definition) is 4. The summed E-state index contributed by atoms with van der Waals surface area (Å²) >= 11 is 0. The third kappa shape index (κ3) is 6.81. The number of rotatable bonds is 9. The summed E-state index contributed by atoms with van der Waals surface area (Å²) < 4.78 is 11.5. The maximum Gasteiger partial charge on any atom is 0.190 e. The van der Waals surface area contributed by atoms with Crippen LogP contribution in [-0.4, -0.2) is 59.0 Å². The van der Waals surface area contributed by atoms with Gasteiger partial charge in [-0.1, -0.05) is 31.4 Å². The Bertz CT molecular complexity index is 631. The van der Waals surface area contributed by atoms with Gasteiger partial charge >= 0.3 is 0 Å². The van der Waals surface area contributed by atoms with Crippen LogP contribution in [0.25, 0.3) is 0 Å². The second-order valence-electron chi connectivity index (χ2n) is 8.14. The van der Waals surface area contributed by atoms with Gasteiger partial charge in [-0.2, -0.15) is 0 Å². The van der Waals surface area contributed by atoms with Crippen LogP contribution in [0.15, 0.2) is 29.3 Å². The van der Waals surface area contributed by atoms with Gasteiger partial charge in [0.25, 0.3) is 0 Å². The highest BCUT2D eigenvalue weighted by Crippen LogP contribution is 2.31. The lowest BCUT2D eigenvalue weighted by Gasteiger charge is -2.22. The first-order chi connectivity index (χ1) is 14.3. The normalized spacial score (nSPS) is 20.7. The van der Waals surface area contributed by atoms with E-state index in [0.29, 0.717) is 12.0 Å². The van der Waals surface area contributed by atoms with Gasteiger partial charge in [0.2, 0.25) is 0 Å². The van der Waals surface area contributed by atoms with Crippen molar-refractivity contribution in [2.24, 2.45) is 10.9 Å². The Morgan fingerprint density at radius 3 is 2.76 bits per heavy atom. The van der Waals surface area contributed by atoms with E-state index < -0.39 is 0 Å². The Morgan fingerprint density at radius 1 is 1.14 bits per heavy atom. The third-order valence-corrected chi connectivity index (χ3v) is 6.01. The number of aliphatic imine (C=N–C) groups is 1. The molecule has 1 aromatic rings. The Kier molecular flexibility index (Phi) is 8.93. The van der Waals surface area contributed by atoms with Gasteiger partial charge < -0.3 is 25.0 Å². The second-order valence-corrected chi connectivity index (χ2v) is 8.14. The van der Waals surface area contributed by atoms with Crippen molar-refractivity contribution in [1.82, 2.24) is 10.6 Å². The topological polar surface area (TPSA) is 58.1 Å². The van der Waals surface area contributed by atoms with Crippen molar-refractivity contribution in [3.05, 3.63) is 24.3 Å². The predicted molar refractivity (Wildman–Crippen MR) is 120 cm³/mol. The van der Waals surface area contributed by atoms with Gasteiger partial charge in [0, 0.05) is 39.8 Å². The first-order valence-corrected chi connectivity index (χ1v) is 11.2. The van der Waals surface area contributed by atoms with Crippen LogP contribution in [0.1, 0.15) is 44.9 Å². The van der Waals surface area contributed by atoms with Crippen LogP contribution in [0.4, 0.5) is 5.69 Å². The number of nitrogens with one attached hydrogen (secondary N) is 2. The molecule has 3 rings (SSSR count). The number of benzene rings is 1. The van der Waals surface area contributed by atoms with Crippen LogP contribution in [0, 0.1) is 5.92 Å². The SMILES string of the molecule is CN=C(NCCCOC1CCCCC1)NCC1CCN(c2ccccc2OC)C1. The number of methoxy groups -OCH3 is 1. The Labute approximate surface area is 176 Å². The summed E-state index contributed by atoms with van der Waals surface area (Å²) in [4.78, 5) is 6.78. The van der Waals surface area contributed by atoms with Crippen molar-refractivity contribution >= 4 is 11.6 Å². The zero-order valence-electron chi connectivity index (χ0n) is 18.2. The molecule has 29 heavy (non-hydrogen) atoms. The first kappa shape index (κ1) is 21.8. The molecule has 6 nitrogen and oxygen atoms in total. The standard InChI is InChI=1S/C23H38N4O2/c1-24-23(25-14-8-16-29-20-9-4-3-5-10-20)26-17-19-13-15-27(18-19)21-11-6-7-12-22(21)28-2/h6-7,11-12,19-20H,3-5,8-10,13-18H2,1-2H3,(H2,24,25,26). The maximum absolute atomic E-state index is 6.00. The van der Waals surface area contributed by atoms with E-state index in [-0.39, 0.29) is 0 Å². The Morgan fingerprint density at radius 2 is 1.97 bits per heavy atom. The van der Waals surface area contributed by atoms with Crippen molar-refractivity contribution in [2.75, 3.05) is 51.8 Å². The number of hydrogen-bond donors (Lipinski definition) is 2. The minimum absolute atomic E-state index is 0.495. The summed E-state index contributed by atoms with van der Waals surface area (Å²) in [5.41, 5.74) is 1.19. The van der Waals surface area contributed by atoms with E-state index in [4.69, 9.17) is 9.47 Å². The van der Waals surface area contributed by atoms with Gasteiger partial charge in [0.1, 0.15) is 5.75 Å². The molecule has 1 aliphatic carbocycles. The molecule has 1 atom stereocenters. The van der Waals surface area contributed by atoms with Crippen molar-refractivity contribution in [2.45, 2.75) is 51.0 Å². The first-order valence-electron chi connectivity index (χ1n) is 11.2. The fourth-order valence-corrected chi connectivity index (χ4v) is 4.33. The Balaban J connectivity index is 1.31. The molecule has 0 spiro atoms. The smallest absolute Gasteiger partial charge is 0.190 e. The molecule has 1 unspecified atom stereocenters. The number of para-hydroxylation sites is 2. The minimum atomic E-state index is 0.495. The molecular weight excluding hydrogens is 364 g/mol. The number of ether oxygens (including phenoxy) is 2. The van der Waals surface area contributed by atoms with Crippen LogP contribution in [0.2, 0.25) is 0 Å². The van der Waals surface area contributed by atoms with E-state index >= 15 is 0 Å². The minimum Gasteiger partial charge on any atom is -0.495 e. The summed E-state index contributed by atoms with van der Waals surface area (Å²) in [6.07, 6.45) is 9.20. The largest absolute Gasteiger partial charge is 0.495 e. The third-order valence-electron chi connectivity index (χ3n) is 6.01. The van der Waals surface area contributed by atoms with Crippen LogP contribution in [0.3, 0.4) is 0 Å². The lowest BCUT2D eigenvalue weighted by Crippen LogP contribution is -2.41. The van der Waals surface area contributed by atoms with E-state index in [1.807, 2.05) is 19.2 Å². The molecular formula is C23H38N4O2. The van der Waals surface area contributed by atoms with E-state index in [1.54, 1.807) is 7.11 Å². The van der Waals surface area contributed by atoms with Gasteiger partial charge in [-0.15, -0.1) is 0 Å². The molecule has 1 saturated carbocycles. The molecule has 1 heterocycles.